The van der Waals surface area contributed by atoms with Crippen LogP contribution in [0.4, 0.5) is 0 Å². The molecule has 1 atom stereocenters. The van der Waals surface area contributed by atoms with Crippen LogP contribution in [0.5, 0.6) is 0 Å². The van der Waals surface area contributed by atoms with Crippen molar-refractivity contribution in [3.63, 3.8) is 0 Å². The highest BCUT2D eigenvalue weighted by Crippen LogP contribution is 2.42. The van der Waals surface area contributed by atoms with Crippen molar-refractivity contribution in [2.24, 2.45) is 11.1 Å². The van der Waals surface area contributed by atoms with E-state index in [-0.39, 0.29) is 0 Å². The summed E-state index contributed by atoms with van der Waals surface area (Å²) in [7, 11) is 0. The average molecular weight is 275 g/mol. The zero-order valence-corrected chi connectivity index (χ0v) is 12.4. The van der Waals surface area contributed by atoms with E-state index in [2.05, 4.69) is 26.0 Å². The van der Waals surface area contributed by atoms with Crippen LogP contribution < -0.4 is 5.73 Å². The van der Waals surface area contributed by atoms with Crippen LogP contribution in [0.1, 0.15) is 56.6 Å². The largest absolute Gasteiger partial charge is 0.480 e. The predicted octanol–water partition coefficient (Wildman–Crippen LogP) is 3.32. The fourth-order valence-electron chi connectivity index (χ4n) is 3.00. The number of nitrogens with two attached hydrogens (primary N) is 1. The summed E-state index contributed by atoms with van der Waals surface area (Å²) in [6, 6.07) is 7.53. The Morgan fingerprint density at radius 3 is 2.35 bits per heavy atom. The van der Waals surface area contributed by atoms with E-state index < -0.39 is 12.0 Å². The molecular formula is C17H25NO2. The molecule has 0 aliphatic heterocycles. The van der Waals surface area contributed by atoms with Crippen molar-refractivity contribution in [2.45, 2.75) is 57.9 Å². The molecule has 20 heavy (non-hydrogen) atoms. The number of carboxylic acid groups (broad SMARTS) is 1. The molecule has 0 heterocycles. The molecule has 1 aliphatic rings. The van der Waals surface area contributed by atoms with Crippen molar-refractivity contribution in [2.75, 3.05) is 0 Å². The van der Waals surface area contributed by atoms with Crippen molar-refractivity contribution >= 4 is 5.97 Å². The molecule has 3 N–H and O–H groups in total. The number of benzene rings is 1. The molecule has 0 amide bonds. The van der Waals surface area contributed by atoms with Crippen LogP contribution in [-0.2, 0) is 11.2 Å². The van der Waals surface area contributed by atoms with Gasteiger partial charge in [-0.15, -0.1) is 0 Å². The van der Waals surface area contributed by atoms with Gasteiger partial charge in [-0.25, -0.2) is 0 Å². The quantitative estimate of drug-likeness (QED) is 0.886. The SMILES string of the molecule is CC1(C)CCC(c2ccc(CC(N)C(=O)O)cc2)CC1. The van der Waals surface area contributed by atoms with Crippen molar-refractivity contribution in [3.05, 3.63) is 35.4 Å². The van der Waals surface area contributed by atoms with Gasteiger partial charge in [-0.2, -0.15) is 0 Å². The van der Waals surface area contributed by atoms with Gasteiger partial charge in [-0.05, 0) is 54.6 Å². The lowest BCUT2D eigenvalue weighted by atomic mass is 9.71. The second-order valence-electron chi connectivity index (χ2n) is 6.83. The van der Waals surface area contributed by atoms with E-state index in [0.717, 1.165) is 5.56 Å². The van der Waals surface area contributed by atoms with Crippen LogP contribution >= 0.6 is 0 Å². The van der Waals surface area contributed by atoms with Crippen molar-refractivity contribution in [1.82, 2.24) is 0 Å². The van der Waals surface area contributed by atoms with Crippen LogP contribution in [0.15, 0.2) is 24.3 Å². The molecule has 0 saturated heterocycles. The summed E-state index contributed by atoms with van der Waals surface area (Å²) in [5.74, 6) is -0.284. The van der Waals surface area contributed by atoms with Gasteiger partial charge in [0.1, 0.15) is 6.04 Å². The van der Waals surface area contributed by atoms with Gasteiger partial charge in [0, 0.05) is 0 Å². The van der Waals surface area contributed by atoms with Crippen LogP contribution in [0.2, 0.25) is 0 Å². The normalized spacial score (nSPS) is 20.6. The van der Waals surface area contributed by atoms with Gasteiger partial charge in [0.2, 0.25) is 0 Å². The third-order valence-electron chi connectivity index (χ3n) is 4.56. The summed E-state index contributed by atoms with van der Waals surface area (Å²) in [6.45, 7) is 4.69. The zero-order chi connectivity index (χ0) is 14.8. The van der Waals surface area contributed by atoms with E-state index in [1.165, 1.54) is 31.2 Å². The van der Waals surface area contributed by atoms with E-state index in [1.807, 2.05) is 12.1 Å². The zero-order valence-electron chi connectivity index (χ0n) is 12.4. The highest BCUT2D eigenvalue weighted by atomic mass is 16.4. The molecule has 3 heteroatoms. The summed E-state index contributed by atoms with van der Waals surface area (Å²) in [4.78, 5) is 10.8. The maximum atomic E-state index is 10.8. The Balaban J connectivity index is 1.97. The monoisotopic (exact) mass is 275 g/mol. The number of carbonyl (C=O) groups is 1. The van der Waals surface area contributed by atoms with Gasteiger partial charge >= 0.3 is 5.97 Å². The first-order chi connectivity index (χ1) is 9.37. The minimum atomic E-state index is -0.941. The standard InChI is InChI=1S/C17H25NO2/c1-17(2)9-7-14(8-10-17)13-5-3-12(4-6-13)11-15(18)16(19)20/h3-6,14-15H,7-11,18H2,1-2H3,(H,19,20). The molecule has 1 aromatic carbocycles. The maximum absolute atomic E-state index is 10.8. The summed E-state index contributed by atoms with van der Waals surface area (Å²) in [6.07, 6.45) is 5.46. The summed E-state index contributed by atoms with van der Waals surface area (Å²) in [5, 5.41) is 8.83. The minimum absolute atomic E-state index is 0.396. The number of carboxylic acids is 1. The molecule has 1 aromatic rings. The highest BCUT2D eigenvalue weighted by molar-refractivity contribution is 5.73. The van der Waals surface area contributed by atoms with Crippen LogP contribution in [-0.4, -0.2) is 17.1 Å². The third kappa shape index (κ3) is 3.83. The first kappa shape index (κ1) is 15.0. The molecule has 0 radical (unpaired) electrons. The van der Waals surface area contributed by atoms with Crippen molar-refractivity contribution in [3.8, 4) is 0 Å². The smallest absolute Gasteiger partial charge is 0.320 e. The Kier molecular flexibility index (Phi) is 4.48. The van der Waals surface area contributed by atoms with E-state index in [0.29, 0.717) is 17.8 Å². The molecule has 2 rings (SSSR count). The third-order valence-corrected chi connectivity index (χ3v) is 4.56. The first-order valence-corrected chi connectivity index (χ1v) is 7.45. The number of aliphatic carboxylic acids is 1. The topological polar surface area (TPSA) is 63.3 Å². The Bertz CT molecular complexity index is 454. The molecular weight excluding hydrogens is 250 g/mol. The van der Waals surface area contributed by atoms with Crippen LogP contribution in [0.25, 0.3) is 0 Å². The van der Waals surface area contributed by atoms with Crippen molar-refractivity contribution in [1.29, 1.82) is 0 Å². The van der Waals surface area contributed by atoms with E-state index >= 15 is 0 Å². The number of hydrogen-bond acceptors (Lipinski definition) is 2. The lowest BCUT2D eigenvalue weighted by molar-refractivity contribution is -0.138. The Morgan fingerprint density at radius 1 is 1.30 bits per heavy atom. The molecule has 0 bridgehead atoms. The molecule has 1 unspecified atom stereocenters. The Labute approximate surface area is 121 Å². The lowest BCUT2D eigenvalue weighted by Crippen LogP contribution is -2.32. The number of hydrogen-bond donors (Lipinski definition) is 2. The molecule has 1 aliphatic carbocycles. The first-order valence-electron chi connectivity index (χ1n) is 7.45. The highest BCUT2D eigenvalue weighted by Gasteiger charge is 2.27. The van der Waals surface area contributed by atoms with Gasteiger partial charge in [0.05, 0.1) is 0 Å². The second kappa shape index (κ2) is 5.96. The van der Waals surface area contributed by atoms with Gasteiger partial charge < -0.3 is 10.8 Å². The lowest BCUT2D eigenvalue weighted by Gasteiger charge is -2.34. The van der Waals surface area contributed by atoms with Crippen molar-refractivity contribution < 1.29 is 9.90 Å². The summed E-state index contributed by atoms with van der Waals surface area (Å²) < 4.78 is 0. The predicted molar refractivity (Wildman–Crippen MR) is 80.7 cm³/mol. The van der Waals surface area contributed by atoms with E-state index in [1.54, 1.807) is 0 Å². The number of rotatable bonds is 4. The Morgan fingerprint density at radius 2 is 1.85 bits per heavy atom. The van der Waals surface area contributed by atoms with E-state index in [4.69, 9.17) is 10.8 Å². The molecule has 1 saturated carbocycles. The molecule has 0 spiro atoms. The summed E-state index contributed by atoms with van der Waals surface area (Å²) >= 11 is 0. The molecule has 1 fully saturated rings. The molecule has 3 nitrogen and oxygen atoms in total. The van der Waals surface area contributed by atoms with Crippen LogP contribution in [0, 0.1) is 5.41 Å². The fraction of sp³-hybridized carbons (Fsp3) is 0.588. The van der Waals surface area contributed by atoms with Gasteiger partial charge in [-0.3, -0.25) is 4.79 Å². The minimum Gasteiger partial charge on any atom is -0.480 e. The van der Waals surface area contributed by atoms with Gasteiger partial charge in [-0.1, -0.05) is 38.1 Å². The van der Waals surface area contributed by atoms with Gasteiger partial charge in [0.25, 0.3) is 0 Å². The maximum Gasteiger partial charge on any atom is 0.320 e. The van der Waals surface area contributed by atoms with Crippen LogP contribution in [0.3, 0.4) is 0 Å². The second-order valence-corrected chi connectivity index (χ2v) is 6.83. The average Bonchev–Trinajstić information content (AvgIpc) is 2.39. The summed E-state index contributed by atoms with van der Waals surface area (Å²) in [5.41, 5.74) is 8.43. The molecule has 0 aromatic heterocycles. The van der Waals surface area contributed by atoms with E-state index in [9.17, 15) is 4.79 Å². The fourth-order valence-corrected chi connectivity index (χ4v) is 3.00. The Hall–Kier alpha value is -1.35. The van der Waals surface area contributed by atoms with Gasteiger partial charge in [0.15, 0.2) is 0 Å². The molecule has 110 valence electrons.